The number of fused-ring (bicyclic) bond motifs is 7. The van der Waals surface area contributed by atoms with E-state index in [1.54, 1.807) is 6.92 Å². The molecule has 1 N–H and O–H groups in total. The highest BCUT2D eigenvalue weighted by molar-refractivity contribution is 6.05. The second-order valence-corrected chi connectivity index (χ2v) is 13.4. The quantitative estimate of drug-likeness (QED) is 0.280. The van der Waals surface area contributed by atoms with Crippen molar-refractivity contribution >= 4 is 17.5 Å². The van der Waals surface area contributed by atoms with Crippen molar-refractivity contribution in [1.29, 1.82) is 0 Å². The molecule has 4 fully saturated rings. The van der Waals surface area contributed by atoms with Gasteiger partial charge in [-0.15, -0.1) is 0 Å². The van der Waals surface area contributed by atoms with Gasteiger partial charge >= 0.3 is 5.97 Å². The fourth-order valence-corrected chi connectivity index (χ4v) is 9.24. The van der Waals surface area contributed by atoms with E-state index in [0.29, 0.717) is 19.4 Å². The van der Waals surface area contributed by atoms with E-state index in [1.165, 1.54) is 23.6 Å². The lowest BCUT2D eigenvalue weighted by atomic mass is 9.46. The molecular weight excluding hydrogens is 534 g/mol. The van der Waals surface area contributed by atoms with Crippen molar-refractivity contribution in [2.24, 2.45) is 33.7 Å². The van der Waals surface area contributed by atoms with Gasteiger partial charge in [-0.05, 0) is 69.1 Å². The fraction of sp³-hybridized carbons (Fsp3) is 0.618. The van der Waals surface area contributed by atoms with Crippen molar-refractivity contribution in [1.82, 2.24) is 0 Å². The van der Waals surface area contributed by atoms with Gasteiger partial charge in [-0.3, -0.25) is 9.59 Å². The molecule has 5 aliphatic rings. The van der Waals surface area contributed by atoms with Crippen molar-refractivity contribution in [3.8, 4) is 0 Å². The zero-order valence-electron chi connectivity index (χ0n) is 25.3. The lowest BCUT2D eigenvalue weighted by Gasteiger charge is -2.59. The Kier molecular flexibility index (Phi) is 7.47. The Morgan fingerprint density at radius 3 is 2.81 bits per heavy atom. The van der Waals surface area contributed by atoms with Crippen LogP contribution in [-0.2, 0) is 35.1 Å². The number of Topliss-reactive ketones (excluding diaryl/α,β-unsaturated/α-hetero) is 1. The summed E-state index contributed by atoms with van der Waals surface area (Å²) in [5, 5.41) is 16.3. The number of rotatable bonds is 7. The SMILES string of the molecule is CC(=O)OCC(=O)[C@@]12OC(C)O[C@@H]1C[C@H]1[C@@H]3CCC4=C/C(=N\OCCc5cccc(C)c5)C=C[C@]4(C)[C@H]3[C@@H](O)C[C@@]12C. The van der Waals surface area contributed by atoms with Crippen molar-refractivity contribution in [2.75, 3.05) is 13.2 Å². The van der Waals surface area contributed by atoms with Crippen molar-refractivity contribution in [3.63, 3.8) is 0 Å². The third-order valence-electron chi connectivity index (χ3n) is 10.9. The number of aliphatic hydroxyl groups is 1. The molecule has 1 aromatic carbocycles. The van der Waals surface area contributed by atoms with E-state index in [2.05, 4.69) is 62.3 Å². The van der Waals surface area contributed by atoms with Gasteiger partial charge < -0.3 is 24.2 Å². The summed E-state index contributed by atoms with van der Waals surface area (Å²) in [5.41, 5.74) is 2.30. The number of nitrogens with zero attached hydrogens (tertiary/aromatic N) is 1. The minimum absolute atomic E-state index is 0.00696. The Morgan fingerprint density at radius 2 is 2.05 bits per heavy atom. The Labute approximate surface area is 248 Å². The molecule has 0 amide bonds. The van der Waals surface area contributed by atoms with Crippen LogP contribution >= 0.6 is 0 Å². The highest BCUT2D eigenvalue weighted by Gasteiger charge is 2.75. The first kappa shape index (κ1) is 29.3. The average molecular weight is 578 g/mol. The molecule has 1 heterocycles. The summed E-state index contributed by atoms with van der Waals surface area (Å²) < 4.78 is 17.7. The molecule has 3 saturated carbocycles. The smallest absolute Gasteiger partial charge is 0.303 e. The van der Waals surface area contributed by atoms with Crippen LogP contribution in [0.2, 0.25) is 0 Å². The van der Waals surface area contributed by atoms with E-state index >= 15 is 0 Å². The van der Waals surface area contributed by atoms with Gasteiger partial charge in [0.2, 0.25) is 5.78 Å². The van der Waals surface area contributed by atoms with Gasteiger partial charge in [0, 0.05) is 30.1 Å². The Balaban J connectivity index is 1.21. The molecule has 42 heavy (non-hydrogen) atoms. The molecule has 1 unspecified atom stereocenters. The number of ether oxygens (including phenoxy) is 3. The molecule has 1 aliphatic heterocycles. The number of aryl methyl sites for hydroxylation is 1. The molecule has 1 aromatic rings. The van der Waals surface area contributed by atoms with Crippen LogP contribution in [0.3, 0.4) is 0 Å². The molecule has 0 radical (unpaired) electrons. The third kappa shape index (κ3) is 4.57. The number of hydrogen-bond donors (Lipinski definition) is 1. The largest absolute Gasteiger partial charge is 0.458 e. The van der Waals surface area contributed by atoms with Crippen molar-refractivity contribution < 1.29 is 33.7 Å². The summed E-state index contributed by atoms with van der Waals surface area (Å²) in [6.45, 7) is 9.64. The number of aliphatic hydroxyl groups excluding tert-OH is 1. The number of carbonyl (C=O) groups is 2. The minimum atomic E-state index is -1.24. The Morgan fingerprint density at radius 1 is 1.24 bits per heavy atom. The lowest BCUT2D eigenvalue weighted by molar-refractivity contribution is -0.198. The summed E-state index contributed by atoms with van der Waals surface area (Å²) >= 11 is 0. The van der Waals surface area contributed by atoms with Crippen LogP contribution in [0.15, 0.2) is 53.2 Å². The number of carbonyl (C=O) groups excluding carboxylic acids is 2. The molecule has 1 saturated heterocycles. The monoisotopic (exact) mass is 577 g/mol. The van der Waals surface area contributed by atoms with Crippen LogP contribution in [0.25, 0.3) is 0 Å². The van der Waals surface area contributed by atoms with Crippen molar-refractivity contribution in [3.05, 3.63) is 59.2 Å². The standard InChI is InChI=1S/C34H43NO7/c1-20-7-6-8-23(15-20)12-14-40-35-25-11-13-32(4)24(16-25)9-10-26-27-17-30-34(42-22(3)41-30,29(38)19-39-21(2)36)33(27,5)18-28(37)31(26)32/h6-8,11,13,15-16,22,26-28,30-31,37H,9-10,12,14,17-19H2,1-5H3/b35-25-/t22?,26-,27-,28-,30+,31+,32-,33-,34+/m0/s1. The van der Waals surface area contributed by atoms with Crippen LogP contribution in [0.4, 0.5) is 0 Å². The molecule has 8 nitrogen and oxygen atoms in total. The van der Waals surface area contributed by atoms with Gasteiger partial charge in [-0.1, -0.05) is 60.5 Å². The number of hydrogen-bond acceptors (Lipinski definition) is 8. The number of esters is 1. The average Bonchev–Trinajstić information content (AvgIpc) is 3.39. The van der Waals surface area contributed by atoms with Crippen molar-refractivity contribution in [2.45, 2.75) is 90.8 Å². The fourth-order valence-electron chi connectivity index (χ4n) is 9.24. The molecule has 6 rings (SSSR count). The molecule has 4 aliphatic carbocycles. The summed E-state index contributed by atoms with van der Waals surface area (Å²) in [4.78, 5) is 31.0. The predicted molar refractivity (Wildman–Crippen MR) is 156 cm³/mol. The molecule has 0 aromatic heterocycles. The van der Waals surface area contributed by atoms with Crippen LogP contribution in [0.1, 0.15) is 64.5 Å². The predicted octanol–water partition coefficient (Wildman–Crippen LogP) is 4.86. The second-order valence-electron chi connectivity index (χ2n) is 13.4. The van der Waals surface area contributed by atoms with Gasteiger partial charge in [0.25, 0.3) is 0 Å². The summed E-state index contributed by atoms with van der Waals surface area (Å²) in [6, 6.07) is 8.41. The van der Waals surface area contributed by atoms with Gasteiger partial charge in [-0.2, -0.15) is 0 Å². The van der Waals surface area contributed by atoms with E-state index in [1.807, 2.05) is 6.08 Å². The van der Waals surface area contributed by atoms with Gasteiger partial charge in [-0.25, -0.2) is 0 Å². The highest BCUT2D eigenvalue weighted by atomic mass is 16.7. The van der Waals surface area contributed by atoms with Crippen LogP contribution < -0.4 is 0 Å². The zero-order valence-corrected chi connectivity index (χ0v) is 25.3. The molecular formula is C34H43NO7. The molecule has 0 spiro atoms. The van der Waals surface area contributed by atoms with Crippen LogP contribution in [0.5, 0.6) is 0 Å². The topological polar surface area (TPSA) is 104 Å². The molecule has 8 heteroatoms. The van der Waals surface area contributed by atoms with E-state index in [9.17, 15) is 14.7 Å². The number of benzene rings is 1. The summed E-state index contributed by atoms with van der Waals surface area (Å²) in [6.07, 6.45) is 8.39. The van der Waals surface area contributed by atoms with E-state index in [0.717, 1.165) is 25.0 Å². The zero-order chi connectivity index (χ0) is 29.9. The Bertz CT molecular complexity index is 1350. The normalized spacial score (nSPS) is 40.9. The van der Waals surface area contributed by atoms with Crippen LogP contribution in [0, 0.1) is 35.5 Å². The minimum Gasteiger partial charge on any atom is -0.458 e. The lowest BCUT2D eigenvalue weighted by Crippen LogP contribution is -2.63. The number of allylic oxidation sites excluding steroid dienone is 4. The molecule has 226 valence electrons. The third-order valence-corrected chi connectivity index (χ3v) is 10.9. The second kappa shape index (κ2) is 10.7. The first-order chi connectivity index (χ1) is 20.0. The van der Waals surface area contributed by atoms with Gasteiger partial charge in [0.05, 0.1) is 12.2 Å². The van der Waals surface area contributed by atoms with Gasteiger partial charge in [0.15, 0.2) is 18.5 Å². The molecule has 9 atom stereocenters. The highest BCUT2D eigenvalue weighted by Crippen LogP contribution is 2.69. The summed E-state index contributed by atoms with van der Waals surface area (Å²) in [5.74, 6) is -0.480. The number of ketones is 1. The van der Waals surface area contributed by atoms with E-state index < -0.39 is 35.5 Å². The maximum absolute atomic E-state index is 13.7. The summed E-state index contributed by atoms with van der Waals surface area (Å²) in [7, 11) is 0. The maximum atomic E-state index is 13.7. The van der Waals surface area contributed by atoms with Crippen LogP contribution in [-0.4, -0.2) is 59.9 Å². The number of oxime groups is 1. The maximum Gasteiger partial charge on any atom is 0.303 e. The Hall–Kier alpha value is -2.81. The first-order valence-corrected chi connectivity index (χ1v) is 15.3. The molecule has 0 bridgehead atoms. The van der Waals surface area contributed by atoms with E-state index in [4.69, 9.17) is 19.0 Å². The van der Waals surface area contributed by atoms with E-state index in [-0.39, 0.29) is 35.6 Å². The first-order valence-electron chi connectivity index (χ1n) is 15.3. The van der Waals surface area contributed by atoms with Gasteiger partial charge in [0.1, 0.15) is 12.3 Å².